The Bertz CT molecular complexity index is 412. The van der Waals surface area contributed by atoms with Crippen LogP contribution in [-0.2, 0) is 18.1 Å². The van der Waals surface area contributed by atoms with Gasteiger partial charge in [0.05, 0.1) is 18.3 Å². The maximum atomic E-state index is 14.2. The summed E-state index contributed by atoms with van der Waals surface area (Å²) in [5.74, 6) is 0.799. The van der Waals surface area contributed by atoms with Gasteiger partial charge in [-0.05, 0) is 37.0 Å². The van der Waals surface area contributed by atoms with Crippen molar-refractivity contribution in [3.8, 4) is 0 Å². The van der Waals surface area contributed by atoms with Gasteiger partial charge in [-0.15, -0.1) is 0 Å². The normalized spacial score (nSPS) is 17.1. The third-order valence-electron chi connectivity index (χ3n) is 6.30. The molecule has 3 atom stereocenters. The molecule has 0 saturated heterocycles. The highest BCUT2D eigenvalue weighted by molar-refractivity contribution is 7.48. The summed E-state index contributed by atoms with van der Waals surface area (Å²) >= 11 is 0. The predicted molar refractivity (Wildman–Crippen MR) is 139 cm³/mol. The van der Waals surface area contributed by atoms with Gasteiger partial charge in [-0.1, -0.05) is 120 Å². The van der Waals surface area contributed by atoms with Crippen molar-refractivity contribution >= 4 is 7.82 Å². The Balaban J connectivity index is 5.65. The molecule has 0 N–H and O–H groups in total. The van der Waals surface area contributed by atoms with Crippen LogP contribution in [0.1, 0.15) is 139 Å². The molecule has 194 valence electrons. The summed E-state index contributed by atoms with van der Waals surface area (Å²) in [4.78, 5) is 0. The molecular formula is C27H57O4P. The number of rotatable bonds is 21. The predicted octanol–water partition coefficient (Wildman–Crippen LogP) is 9.96. The highest BCUT2D eigenvalue weighted by Crippen LogP contribution is 2.56. The fraction of sp³-hybridized carbons (Fsp3) is 1.00. The molecule has 32 heavy (non-hydrogen) atoms. The first-order valence-corrected chi connectivity index (χ1v) is 15.2. The summed E-state index contributed by atoms with van der Waals surface area (Å²) in [5, 5.41) is 0. The zero-order valence-electron chi connectivity index (χ0n) is 23.0. The van der Waals surface area contributed by atoms with E-state index in [2.05, 4.69) is 62.3 Å². The van der Waals surface area contributed by atoms with Crippen molar-refractivity contribution in [1.82, 2.24) is 0 Å². The average molecular weight is 477 g/mol. The second-order valence-corrected chi connectivity index (χ2v) is 12.1. The molecule has 0 rings (SSSR count). The van der Waals surface area contributed by atoms with Crippen molar-refractivity contribution in [2.45, 2.75) is 158 Å². The van der Waals surface area contributed by atoms with E-state index in [-0.39, 0.29) is 36.1 Å². The van der Waals surface area contributed by atoms with Crippen LogP contribution >= 0.6 is 7.82 Å². The molecule has 0 heterocycles. The van der Waals surface area contributed by atoms with E-state index in [4.69, 9.17) is 13.6 Å². The van der Waals surface area contributed by atoms with Crippen LogP contribution < -0.4 is 0 Å². The lowest BCUT2D eigenvalue weighted by molar-refractivity contribution is -0.00739. The minimum absolute atomic E-state index is 0.112. The zero-order chi connectivity index (χ0) is 24.6. The Kier molecular flexibility index (Phi) is 18.5. The van der Waals surface area contributed by atoms with E-state index in [9.17, 15) is 4.57 Å². The Hall–Kier alpha value is 0.110. The van der Waals surface area contributed by atoms with Crippen LogP contribution in [0.3, 0.4) is 0 Å². The SMILES string of the molecule is CCCCCC(OP(=O)(OC(CCCCC)C(C)C)OC(CCCCC)C(C)C)C(C)C. The Morgan fingerprint density at radius 2 is 0.750 bits per heavy atom. The van der Waals surface area contributed by atoms with Crippen molar-refractivity contribution < 1.29 is 18.1 Å². The van der Waals surface area contributed by atoms with Crippen molar-refractivity contribution in [3.05, 3.63) is 0 Å². The average Bonchev–Trinajstić information content (AvgIpc) is 2.71. The molecule has 0 aromatic heterocycles. The van der Waals surface area contributed by atoms with Gasteiger partial charge in [0, 0.05) is 0 Å². The Morgan fingerprint density at radius 1 is 0.500 bits per heavy atom. The van der Waals surface area contributed by atoms with Crippen molar-refractivity contribution in [2.24, 2.45) is 17.8 Å². The standard InChI is InChI=1S/C27H57O4P/c1-10-13-16-19-25(22(4)5)29-32(28,30-26(23(6)7)20-17-14-11-2)31-27(24(8)9)21-18-15-12-3/h22-27H,10-21H2,1-9H3. The largest absolute Gasteiger partial charge is 0.475 e. The number of phosphoric acid groups is 1. The van der Waals surface area contributed by atoms with Crippen LogP contribution in [0.25, 0.3) is 0 Å². The lowest BCUT2D eigenvalue weighted by Crippen LogP contribution is -2.27. The van der Waals surface area contributed by atoms with E-state index in [0.29, 0.717) is 0 Å². The van der Waals surface area contributed by atoms with Crippen LogP contribution in [0.4, 0.5) is 0 Å². The lowest BCUT2D eigenvalue weighted by Gasteiger charge is -2.33. The van der Waals surface area contributed by atoms with Crippen LogP contribution in [0.5, 0.6) is 0 Å². The number of hydrogen-bond donors (Lipinski definition) is 0. The maximum absolute atomic E-state index is 14.2. The first kappa shape index (κ1) is 32.1. The molecule has 0 fully saturated rings. The van der Waals surface area contributed by atoms with Crippen LogP contribution in [0.15, 0.2) is 0 Å². The zero-order valence-corrected chi connectivity index (χ0v) is 23.9. The van der Waals surface area contributed by atoms with Gasteiger partial charge in [0.15, 0.2) is 0 Å². The minimum atomic E-state index is -3.70. The van der Waals surface area contributed by atoms with Gasteiger partial charge in [-0.2, -0.15) is 0 Å². The summed E-state index contributed by atoms with van der Waals surface area (Å²) < 4.78 is 33.2. The lowest BCUT2D eigenvalue weighted by atomic mass is 10.0. The summed E-state index contributed by atoms with van der Waals surface area (Å²) in [5.41, 5.74) is 0. The molecule has 0 bridgehead atoms. The van der Waals surface area contributed by atoms with Crippen molar-refractivity contribution in [3.63, 3.8) is 0 Å². The molecule has 3 unspecified atom stereocenters. The number of hydrogen-bond acceptors (Lipinski definition) is 4. The molecule has 0 aromatic rings. The van der Waals surface area contributed by atoms with Gasteiger partial charge in [0.25, 0.3) is 0 Å². The second-order valence-electron chi connectivity index (χ2n) is 10.6. The second kappa shape index (κ2) is 18.4. The minimum Gasteiger partial charge on any atom is -0.283 e. The van der Waals surface area contributed by atoms with Crippen LogP contribution in [0.2, 0.25) is 0 Å². The highest BCUT2D eigenvalue weighted by Gasteiger charge is 2.38. The van der Waals surface area contributed by atoms with Gasteiger partial charge < -0.3 is 0 Å². The molecule has 0 aliphatic rings. The molecule has 0 amide bonds. The summed E-state index contributed by atoms with van der Waals surface area (Å²) in [6, 6.07) is 0. The summed E-state index contributed by atoms with van der Waals surface area (Å²) in [7, 11) is -3.70. The highest BCUT2D eigenvalue weighted by atomic mass is 31.2. The molecule has 0 aliphatic heterocycles. The monoisotopic (exact) mass is 476 g/mol. The van der Waals surface area contributed by atoms with Gasteiger partial charge in [0.1, 0.15) is 0 Å². The van der Waals surface area contributed by atoms with Gasteiger partial charge in [0.2, 0.25) is 0 Å². The quantitative estimate of drug-likeness (QED) is 0.122. The smallest absolute Gasteiger partial charge is 0.283 e. The fourth-order valence-electron chi connectivity index (χ4n) is 3.88. The molecule has 0 aromatic carbocycles. The number of unbranched alkanes of at least 4 members (excludes halogenated alkanes) is 6. The van der Waals surface area contributed by atoms with E-state index in [1.165, 1.54) is 0 Å². The van der Waals surface area contributed by atoms with Crippen molar-refractivity contribution in [2.75, 3.05) is 0 Å². The van der Waals surface area contributed by atoms with E-state index < -0.39 is 7.82 Å². The Morgan fingerprint density at radius 3 is 0.938 bits per heavy atom. The van der Waals surface area contributed by atoms with Gasteiger partial charge in [-0.3, -0.25) is 13.6 Å². The first-order valence-electron chi connectivity index (χ1n) is 13.7. The van der Waals surface area contributed by atoms with Gasteiger partial charge in [-0.25, -0.2) is 4.57 Å². The topological polar surface area (TPSA) is 44.8 Å². The van der Waals surface area contributed by atoms with Crippen LogP contribution in [-0.4, -0.2) is 18.3 Å². The van der Waals surface area contributed by atoms with Crippen molar-refractivity contribution in [1.29, 1.82) is 0 Å². The third-order valence-corrected chi connectivity index (χ3v) is 7.89. The third kappa shape index (κ3) is 14.4. The first-order chi connectivity index (χ1) is 15.1. The molecule has 0 aliphatic carbocycles. The molecule has 0 radical (unpaired) electrons. The molecule has 0 saturated carbocycles. The summed E-state index contributed by atoms with van der Waals surface area (Å²) in [6.45, 7) is 19.5. The van der Waals surface area contributed by atoms with Gasteiger partial charge >= 0.3 is 7.82 Å². The molecule has 0 spiro atoms. The van der Waals surface area contributed by atoms with Crippen LogP contribution in [0, 0.1) is 17.8 Å². The number of phosphoric ester groups is 1. The summed E-state index contributed by atoms with van der Waals surface area (Å²) in [6.07, 6.45) is 12.6. The fourth-order valence-corrected chi connectivity index (χ4v) is 6.07. The maximum Gasteiger partial charge on any atom is 0.475 e. The van der Waals surface area contributed by atoms with E-state index in [1.54, 1.807) is 0 Å². The van der Waals surface area contributed by atoms with E-state index in [1.807, 2.05) is 0 Å². The van der Waals surface area contributed by atoms with E-state index >= 15 is 0 Å². The molecule has 4 nitrogen and oxygen atoms in total. The Labute approximate surface area is 201 Å². The molecular weight excluding hydrogens is 419 g/mol. The van der Waals surface area contributed by atoms with E-state index in [0.717, 1.165) is 77.0 Å². The molecule has 5 heteroatoms.